The Hall–Kier alpha value is -2.34. The molecule has 5 nitrogen and oxygen atoms in total. The molecule has 6 heteroatoms. The minimum atomic E-state index is 0.0480. The monoisotopic (exact) mass is 423 g/mol. The van der Waals surface area contributed by atoms with Crippen molar-refractivity contribution in [3.05, 3.63) is 69.5 Å². The second-order valence-corrected chi connectivity index (χ2v) is 8.61. The third-order valence-corrected chi connectivity index (χ3v) is 6.79. The first kappa shape index (κ1) is 19.6. The van der Waals surface area contributed by atoms with E-state index >= 15 is 0 Å². The lowest BCUT2D eigenvalue weighted by molar-refractivity contribution is 0.159. The summed E-state index contributed by atoms with van der Waals surface area (Å²) in [4.78, 5) is 11.0. The molecule has 0 amide bonds. The molecular formula is C24H26ClN3O2. The average molecular weight is 424 g/mol. The van der Waals surface area contributed by atoms with E-state index < -0.39 is 0 Å². The Bertz CT molecular complexity index is 1060. The van der Waals surface area contributed by atoms with E-state index in [2.05, 4.69) is 16.0 Å². The Morgan fingerprint density at radius 2 is 2.13 bits per heavy atom. The number of hydrogen-bond donors (Lipinski definition) is 2. The van der Waals surface area contributed by atoms with Crippen LogP contribution in [0.1, 0.15) is 34.5 Å². The fourth-order valence-electron chi connectivity index (χ4n) is 4.85. The summed E-state index contributed by atoms with van der Waals surface area (Å²) < 4.78 is 5.64. The number of fused-ring (bicyclic) bond motifs is 2. The Kier molecular flexibility index (Phi) is 5.27. The second kappa shape index (κ2) is 8.06. The highest BCUT2D eigenvalue weighted by Crippen LogP contribution is 2.34. The third-order valence-electron chi connectivity index (χ3n) is 6.46. The zero-order valence-electron chi connectivity index (χ0n) is 17.1. The number of benzene rings is 2. The fourth-order valence-corrected chi connectivity index (χ4v) is 5.08. The maximum atomic E-state index is 9.53. The van der Waals surface area contributed by atoms with Crippen molar-refractivity contribution in [3.8, 4) is 17.1 Å². The van der Waals surface area contributed by atoms with Crippen molar-refractivity contribution < 1.29 is 9.84 Å². The van der Waals surface area contributed by atoms with Gasteiger partial charge in [-0.25, -0.2) is 4.98 Å². The molecule has 3 aromatic rings. The van der Waals surface area contributed by atoms with E-state index in [1.54, 1.807) is 7.11 Å². The number of aromatic amines is 1. The number of nitrogens with zero attached hydrogens (tertiary/aromatic N) is 2. The molecule has 0 bridgehead atoms. The number of ether oxygens (including phenoxy) is 1. The molecule has 1 aliphatic carbocycles. The summed E-state index contributed by atoms with van der Waals surface area (Å²) in [6.45, 7) is 1.96. The standard InChI is InChI=1S/C24H26ClN3O2/c1-30-23-11-15(14-29)10-16-8-9-28(13-19(16)23)17-6-7-21-22(12-17)27-24(26-21)18-4-2-3-5-20(18)25/h2-5,10-11,17,29H,6-9,12-14H2,1H3,(H,26,27). The highest BCUT2D eigenvalue weighted by Gasteiger charge is 2.30. The van der Waals surface area contributed by atoms with Gasteiger partial charge in [-0.05, 0) is 48.6 Å². The van der Waals surface area contributed by atoms with Crippen LogP contribution in [0.2, 0.25) is 5.02 Å². The van der Waals surface area contributed by atoms with Crippen molar-refractivity contribution in [2.45, 2.75) is 44.9 Å². The van der Waals surface area contributed by atoms with Crippen molar-refractivity contribution in [1.29, 1.82) is 0 Å². The van der Waals surface area contributed by atoms with Gasteiger partial charge in [-0.1, -0.05) is 29.8 Å². The van der Waals surface area contributed by atoms with Crippen LogP contribution in [-0.2, 0) is 32.4 Å². The summed E-state index contributed by atoms with van der Waals surface area (Å²) in [5.74, 6) is 1.76. The number of halogens is 1. The molecule has 0 radical (unpaired) electrons. The Morgan fingerprint density at radius 3 is 2.93 bits per heavy atom. The summed E-state index contributed by atoms with van der Waals surface area (Å²) >= 11 is 6.38. The number of rotatable bonds is 4. The Balaban J connectivity index is 1.37. The first-order chi connectivity index (χ1) is 14.7. The topological polar surface area (TPSA) is 61.4 Å². The molecule has 2 N–H and O–H groups in total. The van der Waals surface area contributed by atoms with Crippen LogP contribution >= 0.6 is 11.6 Å². The maximum absolute atomic E-state index is 9.53. The van der Waals surface area contributed by atoms with E-state index in [4.69, 9.17) is 21.3 Å². The molecule has 0 saturated carbocycles. The van der Waals surface area contributed by atoms with Crippen molar-refractivity contribution in [2.24, 2.45) is 0 Å². The number of H-pyrrole nitrogens is 1. The number of aliphatic hydroxyl groups is 1. The normalized spacial score (nSPS) is 18.7. The van der Waals surface area contributed by atoms with E-state index in [1.165, 1.54) is 22.5 Å². The van der Waals surface area contributed by atoms with Crippen LogP contribution in [0.25, 0.3) is 11.4 Å². The maximum Gasteiger partial charge on any atom is 0.139 e. The molecular weight excluding hydrogens is 398 g/mol. The van der Waals surface area contributed by atoms with Gasteiger partial charge >= 0.3 is 0 Å². The van der Waals surface area contributed by atoms with Gasteiger partial charge in [0.25, 0.3) is 0 Å². The Labute approximate surface area is 181 Å². The third kappa shape index (κ3) is 3.51. The lowest BCUT2D eigenvalue weighted by Crippen LogP contribution is -2.42. The van der Waals surface area contributed by atoms with E-state index in [1.807, 2.05) is 30.3 Å². The molecule has 156 valence electrons. The lowest BCUT2D eigenvalue weighted by atomic mass is 9.90. The van der Waals surface area contributed by atoms with Crippen LogP contribution in [0, 0.1) is 0 Å². The molecule has 5 rings (SSSR count). The molecule has 2 aromatic carbocycles. The molecule has 0 fully saturated rings. The fraction of sp³-hybridized carbons (Fsp3) is 0.375. The van der Waals surface area contributed by atoms with Crippen molar-refractivity contribution in [1.82, 2.24) is 14.9 Å². The van der Waals surface area contributed by atoms with Crippen LogP contribution in [0.15, 0.2) is 36.4 Å². The van der Waals surface area contributed by atoms with Crippen LogP contribution in [0.4, 0.5) is 0 Å². The Morgan fingerprint density at radius 1 is 1.27 bits per heavy atom. The van der Waals surface area contributed by atoms with Gasteiger partial charge in [-0.3, -0.25) is 4.90 Å². The summed E-state index contributed by atoms with van der Waals surface area (Å²) in [6.07, 6.45) is 4.03. The minimum Gasteiger partial charge on any atom is -0.496 e. The van der Waals surface area contributed by atoms with Gasteiger partial charge in [-0.2, -0.15) is 0 Å². The van der Waals surface area contributed by atoms with Gasteiger partial charge < -0.3 is 14.8 Å². The minimum absolute atomic E-state index is 0.0480. The zero-order valence-corrected chi connectivity index (χ0v) is 17.9. The second-order valence-electron chi connectivity index (χ2n) is 8.20. The first-order valence-electron chi connectivity index (χ1n) is 10.5. The van der Waals surface area contributed by atoms with Crippen LogP contribution < -0.4 is 4.74 Å². The van der Waals surface area contributed by atoms with Crippen molar-refractivity contribution >= 4 is 11.6 Å². The number of hydrogen-bond acceptors (Lipinski definition) is 4. The number of nitrogens with one attached hydrogen (secondary N) is 1. The molecule has 2 heterocycles. The van der Waals surface area contributed by atoms with E-state index in [0.717, 1.165) is 66.5 Å². The predicted octanol–water partition coefficient (Wildman–Crippen LogP) is 4.15. The average Bonchev–Trinajstić information content (AvgIpc) is 3.21. The number of aromatic nitrogens is 2. The zero-order chi connectivity index (χ0) is 20.7. The van der Waals surface area contributed by atoms with Gasteiger partial charge in [0.15, 0.2) is 0 Å². The van der Waals surface area contributed by atoms with E-state index in [0.29, 0.717) is 6.04 Å². The molecule has 2 aliphatic rings. The smallest absolute Gasteiger partial charge is 0.139 e. The number of methoxy groups -OCH3 is 1. The summed E-state index contributed by atoms with van der Waals surface area (Å²) in [5, 5.41) is 10.2. The molecule has 1 aromatic heterocycles. The summed E-state index contributed by atoms with van der Waals surface area (Å²) in [6, 6.07) is 12.4. The van der Waals surface area contributed by atoms with Crippen molar-refractivity contribution in [2.75, 3.05) is 13.7 Å². The lowest BCUT2D eigenvalue weighted by Gasteiger charge is -2.37. The highest BCUT2D eigenvalue weighted by molar-refractivity contribution is 6.33. The van der Waals surface area contributed by atoms with E-state index in [9.17, 15) is 5.11 Å². The molecule has 1 unspecified atom stereocenters. The highest BCUT2D eigenvalue weighted by atomic mass is 35.5. The SMILES string of the molecule is COc1cc(CO)cc2c1CN(C1CCc3nc(-c4ccccc4Cl)[nH]c3C1)CC2. The van der Waals surface area contributed by atoms with Crippen LogP contribution in [-0.4, -0.2) is 39.7 Å². The van der Waals surface area contributed by atoms with Gasteiger partial charge in [0.1, 0.15) is 11.6 Å². The van der Waals surface area contributed by atoms with Gasteiger partial charge in [-0.15, -0.1) is 0 Å². The molecule has 30 heavy (non-hydrogen) atoms. The van der Waals surface area contributed by atoms with Gasteiger partial charge in [0.2, 0.25) is 0 Å². The number of imidazole rings is 1. The molecule has 0 spiro atoms. The largest absolute Gasteiger partial charge is 0.496 e. The molecule has 1 aliphatic heterocycles. The van der Waals surface area contributed by atoms with Crippen molar-refractivity contribution in [3.63, 3.8) is 0 Å². The molecule has 0 saturated heterocycles. The van der Waals surface area contributed by atoms with Gasteiger partial charge in [0.05, 0.1) is 24.4 Å². The quantitative estimate of drug-likeness (QED) is 0.661. The van der Waals surface area contributed by atoms with Crippen LogP contribution in [0.5, 0.6) is 5.75 Å². The van der Waals surface area contributed by atoms with Gasteiger partial charge in [0, 0.05) is 42.4 Å². The number of aliphatic hydroxyl groups excluding tert-OH is 1. The van der Waals surface area contributed by atoms with E-state index in [-0.39, 0.29) is 6.61 Å². The number of aryl methyl sites for hydroxylation is 1. The molecule has 1 atom stereocenters. The predicted molar refractivity (Wildman–Crippen MR) is 118 cm³/mol. The summed E-state index contributed by atoms with van der Waals surface area (Å²) in [7, 11) is 1.71. The van der Waals surface area contributed by atoms with Crippen LogP contribution in [0.3, 0.4) is 0 Å². The summed E-state index contributed by atoms with van der Waals surface area (Å²) in [5.41, 5.74) is 6.84. The first-order valence-corrected chi connectivity index (χ1v) is 10.9.